The van der Waals surface area contributed by atoms with Crippen LogP contribution >= 0.6 is 46.3 Å². The largest absolute Gasteiger partial charge is 0.495 e. The molecule has 2 aromatic rings. The maximum absolute atomic E-state index is 12.4. The molecule has 0 saturated carbocycles. The van der Waals surface area contributed by atoms with Crippen LogP contribution < -0.4 is 9.46 Å². The summed E-state index contributed by atoms with van der Waals surface area (Å²) in [6, 6.07) is 2.75. The molecule has 22 heavy (non-hydrogen) atoms. The van der Waals surface area contributed by atoms with Gasteiger partial charge in [0.25, 0.3) is 10.0 Å². The van der Waals surface area contributed by atoms with Gasteiger partial charge in [-0.25, -0.2) is 8.42 Å². The molecular weight excluding hydrogens is 389 g/mol. The number of hydrogen-bond acceptors (Lipinski definition) is 7. The smallest absolute Gasteiger partial charge is 0.265 e. The minimum Gasteiger partial charge on any atom is -0.495 e. The highest BCUT2D eigenvalue weighted by Crippen LogP contribution is 2.37. The second kappa shape index (κ2) is 7.22. The van der Waals surface area contributed by atoms with Gasteiger partial charge < -0.3 is 4.74 Å². The summed E-state index contributed by atoms with van der Waals surface area (Å²) in [5, 5.41) is 7.75. The van der Waals surface area contributed by atoms with Crippen molar-refractivity contribution in [3.05, 3.63) is 22.2 Å². The van der Waals surface area contributed by atoms with Gasteiger partial charge in [-0.2, -0.15) is 0 Å². The normalized spacial score (nSPS) is 11.5. The number of nitrogens with zero attached hydrogens (tertiary/aromatic N) is 2. The molecule has 1 heterocycles. The highest BCUT2D eigenvalue weighted by Gasteiger charge is 2.23. The number of aromatic nitrogens is 2. The van der Waals surface area contributed by atoms with Gasteiger partial charge in [0.1, 0.15) is 15.7 Å². The van der Waals surface area contributed by atoms with E-state index in [1.54, 1.807) is 0 Å². The van der Waals surface area contributed by atoms with E-state index in [0.29, 0.717) is 10.1 Å². The van der Waals surface area contributed by atoms with Crippen LogP contribution in [-0.4, -0.2) is 31.5 Å². The number of rotatable bonds is 6. The topological polar surface area (TPSA) is 81.2 Å². The molecule has 1 aromatic carbocycles. The van der Waals surface area contributed by atoms with Crippen molar-refractivity contribution in [2.75, 3.05) is 17.6 Å². The Balaban J connectivity index is 2.32. The van der Waals surface area contributed by atoms with Gasteiger partial charge in [-0.15, -0.1) is 10.2 Å². The molecule has 1 aromatic heterocycles. The van der Waals surface area contributed by atoms with E-state index >= 15 is 0 Å². The van der Waals surface area contributed by atoms with Crippen molar-refractivity contribution < 1.29 is 13.2 Å². The lowest BCUT2D eigenvalue weighted by Crippen LogP contribution is -2.13. The highest BCUT2D eigenvalue weighted by atomic mass is 35.5. The van der Waals surface area contributed by atoms with E-state index in [4.69, 9.17) is 27.9 Å². The zero-order valence-corrected chi connectivity index (χ0v) is 15.4. The first-order valence-electron chi connectivity index (χ1n) is 5.90. The third-order valence-corrected chi connectivity index (χ3v) is 6.76. The molecule has 11 heteroatoms. The first kappa shape index (κ1) is 17.6. The summed E-state index contributed by atoms with van der Waals surface area (Å²) in [5.74, 6) is 1.12. The summed E-state index contributed by atoms with van der Waals surface area (Å²) < 4.78 is 32.8. The van der Waals surface area contributed by atoms with Crippen molar-refractivity contribution in [1.82, 2.24) is 10.2 Å². The molecule has 0 amide bonds. The summed E-state index contributed by atoms with van der Waals surface area (Å²) >= 11 is 14.6. The molecular formula is C11H11Cl2N3O3S3. The van der Waals surface area contributed by atoms with Crippen LogP contribution in [0.1, 0.15) is 6.92 Å². The summed E-state index contributed by atoms with van der Waals surface area (Å²) in [6.45, 7) is 1.97. The van der Waals surface area contributed by atoms with E-state index in [0.717, 1.165) is 17.1 Å². The van der Waals surface area contributed by atoms with Gasteiger partial charge in [-0.05, 0) is 17.9 Å². The first-order valence-corrected chi connectivity index (χ1v) is 9.94. The highest BCUT2D eigenvalue weighted by molar-refractivity contribution is 8.01. The van der Waals surface area contributed by atoms with Gasteiger partial charge in [-0.1, -0.05) is 53.2 Å². The molecule has 0 saturated heterocycles. The second-order valence-corrected chi connectivity index (χ2v) is 8.70. The van der Waals surface area contributed by atoms with E-state index in [1.807, 2.05) is 6.92 Å². The monoisotopic (exact) mass is 399 g/mol. The Hall–Kier alpha value is -0.740. The van der Waals surface area contributed by atoms with Crippen molar-refractivity contribution in [3.63, 3.8) is 0 Å². The molecule has 1 N–H and O–H groups in total. The molecule has 0 atom stereocenters. The molecule has 0 spiro atoms. The fourth-order valence-corrected chi connectivity index (χ4v) is 5.20. The first-order chi connectivity index (χ1) is 10.4. The zero-order chi connectivity index (χ0) is 16.3. The Labute approximate surface area is 146 Å². The summed E-state index contributed by atoms with van der Waals surface area (Å²) in [6.07, 6.45) is 0. The Morgan fingerprint density at radius 2 is 2.05 bits per heavy atom. The van der Waals surface area contributed by atoms with Crippen molar-refractivity contribution in [2.45, 2.75) is 16.2 Å². The number of anilines is 1. The molecule has 0 aliphatic rings. The SMILES string of the molecule is CCSc1nnc(NS(=O)(=O)c2ccc(OC)c(Cl)c2Cl)s1. The van der Waals surface area contributed by atoms with Gasteiger partial charge in [0.05, 0.1) is 12.1 Å². The fourth-order valence-electron chi connectivity index (χ4n) is 1.48. The van der Waals surface area contributed by atoms with Crippen LogP contribution in [-0.2, 0) is 10.0 Å². The molecule has 2 rings (SSSR count). The number of sulfonamides is 1. The van der Waals surface area contributed by atoms with Crippen molar-refractivity contribution in [3.8, 4) is 5.75 Å². The summed E-state index contributed by atoms with van der Waals surface area (Å²) in [7, 11) is -2.50. The molecule has 0 aliphatic heterocycles. The molecule has 0 bridgehead atoms. The molecule has 0 unspecified atom stereocenters. The van der Waals surface area contributed by atoms with Gasteiger partial charge >= 0.3 is 0 Å². The Bertz CT molecular complexity index is 780. The lowest BCUT2D eigenvalue weighted by atomic mass is 10.3. The van der Waals surface area contributed by atoms with E-state index in [1.165, 1.54) is 31.0 Å². The van der Waals surface area contributed by atoms with Crippen molar-refractivity contribution >= 4 is 61.5 Å². The van der Waals surface area contributed by atoms with Crippen LogP contribution in [0.3, 0.4) is 0 Å². The summed E-state index contributed by atoms with van der Waals surface area (Å²) in [4.78, 5) is -0.153. The van der Waals surface area contributed by atoms with E-state index in [-0.39, 0.29) is 20.1 Å². The fraction of sp³-hybridized carbons (Fsp3) is 0.273. The minimum atomic E-state index is -3.92. The molecule has 120 valence electrons. The van der Waals surface area contributed by atoms with Gasteiger partial charge in [0.2, 0.25) is 5.13 Å². The van der Waals surface area contributed by atoms with Crippen molar-refractivity contribution in [1.29, 1.82) is 0 Å². The Morgan fingerprint density at radius 1 is 1.32 bits per heavy atom. The number of benzene rings is 1. The number of nitrogens with one attached hydrogen (secondary N) is 1. The maximum Gasteiger partial charge on any atom is 0.265 e. The predicted octanol–water partition coefficient (Wildman–Crippen LogP) is 3.77. The number of hydrogen-bond donors (Lipinski definition) is 1. The van der Waals surface area contributed by atoms with Crippen LogP contribution in [0.2, 0.25) is 10.0 Å². The molecule has 0 aliphatic carbocycles. The average Bonchev–Trinajstić information content (AvgIpc) is 2.88. The standard InChI is InChI=1S/C11H11Cl2N3O3S3/c1-3-20-11-15-14-10(21-11)16-22(17,18)7-5-4-6(19-2)8(12)9(7)13/h4-5H,3H2,1-2H3,(H,14,16). The number of ether oxygens (including phenoxy) is 1. The van der Waals surface area contributed by atoms with E-state index in [2.05, 4.69) is 14.9 Å². The van der Waals surface area contributed by atoms with Crippen LogP contribution in [0.15, 0.2) is 21.4 Å². The molecule has 0 radical (unpaired) electrons. The van der Waals surface area contributed by atoms with Crippen LogP contribution in [0.25, 0.3) is 0 Å². The van der Waals surface area contributed by atoms with Gasteiger partial charge in [0, 0.05) is 0 Å². The molecule has 0 fully saturated rings. The minimum absolute atomic E-state index is 0.0338. The number of thioether (sulfide) groups is 1. The second-order valence-electron chi connectivity index (χ2n) is 3.81. The van der Waals surface area contributed by atoms with Gasteiger partial charge in [-0.3, -0.25) is 4.72 Å². The summed E-state index contributed by atoms with van der Waals surface area (Å²) in [5.41, 5.74) is 0. The third kappa shape index (κ3) is 3.77. The zero-order valence-electron chi connectivity index (χ0n) is 11.5. The van der Waals surface area contributed by atoms with E-state index < -0.39 is 10.0 Å². The van der Waals surface area contributed by atoms with Gasteiger partial charge in [0.15, 0.2) is 4.34 Å². The Morgan fingerprint density at radius 3 is 2.68 bits per heavy atom. The predicted molar refractivity (Wildman–Crippen MR) is 90.1 cm³/mol. The third-order valence-electron chi connectivity index (χ3n) is 2.42. The number of halogens is 2. The van der Waals surface area contributed by atoms with Crippen LogP contribution in [0, 0.1) is 0 Å². The lowest BCUT2D eigenvalue weighted by Gasteiger charge is -2.10. The lowest BCUT2D eigenvalue weighted by molar-refractivity contribution is 0.414. The molecule has 6 nitrogen and oxygen atoms in total. The van der Waals surface area contributed by atoms with Crippen LogP contribution in [0.5, 0.6) is 5.75 Å². The van der Waals surface area contributed by atoms with Crippen LogP contribution in [0.4, 0.5) is 5.13 Å². The van der Waals surface area contributed by atoms with E-state index in [9.17, 15) is 8.42 Å². The number of methoxy groups -OCH3 is 1. The Kier molecular flexibility index (Phi) is 5.78. The van der Waals surface area contributed by atoms with Crippen molar-refractivity contribution in [2.24, 2.45) is 0 Å². The quantitative estimate of drug-likeness (QED) is 0.744. The maximum atomic E-state index is 12.4. The average molecular weight is 400 g/mol.